The summed E-state index contributed by atoms with van der Waals surface area (Å²) >= 11 is 0. The van der Waals surface area contributed by atoms with E-state index in [0.29, 0.717) is 5.95 Å². The molecule has 1 aromatic carbocycles. The molecule has 146 valence electrons. The monoisotopic (exact) mass is 387 g/mol. The molecule has 3 aromatic heterocycles. The Morgan fingerprint density at radius 3 is 2.76 bits per heavy atom. The lowest BCUT2D eigenvalue weighted by Crippen LogP contribution is -2.59. The van der Waals surface area contributed by atoms with E-state index < -0.39 is 0 Å². The zero-order valence-electron chi connectivity index (χ0n) is 16.2. The number of hydrogen-bond donors (Lipinski definition) is 3. The smallest absolute Gasteiger partial charge is 0.224 e. The minimum absolute atomic E-state index is 0.00204. The summed E-state index contributed by atoms with van der Waals surface area (Å²) in [6, 6.07) is 6.27. The topological polar surface area (TPSA) is 108 Å². The number of aromatic nitrogens is 5. The predicted octanol–water partition coefficient (Wildman–Crippen LogP) is 3.04. The molecule has 1 fully saturated rings. The Hall–Kier alpha value is -3.55. The van der Waals surface area contributed by atoms with Gasteiger partial charge in [0.2, 0.25) is 11.9 Å². The summed E-state index contributed by atoms with van der Waals surface area (Å²) in [5.74, 6) is 0.590. The van der Waals surface area contributed by atoms with Crippen molar-refractivity contribution in [3.8, 4) is 11.1 Å². The maximum Gasteiger partial charge on any atom is 0.224 e. The molecule has 1 saturated carbocycles. The predicted molar refractivity (Wildman–Crippen MR) is 111 cm³/mol. The minimum atomic E-state index is -0.147. The van der Waals surface area contributed by atoms with Crippen LogP contribution in [0, 0.1) is 0 Å². The van der Waals surface area contributed by atoms with Crippen LogP contribution in [0.1, 0.15) is 26.7 Å². The molecule has 3 heterocycles. The number of carbonyl (C=O) groups is 1. The van der Waals surface area contributed by atoms with Crippen LogP contribution in [-0.2, 0) is 4.79 Å². The number of nitrogens with zero attached hydrogens (tertiary/aromatic N) is 4. The van der Waals surface area contributed by atoms with Crippen LogP contribution < -0.4 is 10.6 Å². The lowest BCUT2D eigenvalue weighted by atomic mass is 9.74. The number of amides is 1. The molecule has 0 spiro atoms. The summed E-state index contributed by atoms with van der Waals surface area (Å²) in [7, 11) is 0. The van der Waals surface area contributed by atoms with Crippen LogP contribution in [0.2, 0.25) is 0 Å². The fraction of sp³-hybridized carbons (Fsp3) is 0.286. The van der Waals surface area contributed by atoms with Gasteiger partial charge in [0.15, 0.2) is 0 Å². The van der Waals surface area contributed by atoms with Gasteiger partial charge in [-0.25, -0.2) is 4.98 Å². The van der Waals surface area contributed by atoms with Crippen molar-refractivity contribution in [2.75, 3.05) is 5.32 Å². The Labute approximate surface area is 167 Å². The zero-order chi connectivity index (χ0) is 20.0. The van der Waals surface area contributed by atoms with Crippen molar-refractivity contribution in [1.82, 2.24) is 30.2 Å². The van der Waals surface area contributed by atoms with Crippen molar-refractivity contribution in [3.63, 3.8) is 0 Å². The molecule has 0 saturated heterocycles. The highest BCUT2D eigenvalue weighted by molar-refractivity contribution is 5.95. The van der Waals surface area contributed by atoms with Crippen LogP contribution in [0.5, 0.6) is 0 Å². The number of benzene rings is 1. The van der Waals surface area contributed by atoms with E-state index in [2.05, 4.69) is 42.5 Å². The average molecular weight is 387 g/mol. The van der Waals surface area contributed by atoms with Crippen LogP contribution in [0.15, 0.2) is 43.0 Å². The third-order valence-electron chi connectivity index (χ3n) is 5.42. The number of anilines is 1. The molecular weight excluding hydrogens is 366 g/mol. The van der Waals surface area contributed by atoms with Gasteiger partial charge in [-0.1, -0.05) is 6.07 Å². The molecule has 0 atom stereocenters. The summed E-state index contributed by atoms with van der Waals surface area (Å²) < 4.78 is 0. The lowest BCUT2D eigenvalue weighted by molar-refractivity contribution is -0.121. The summed E-state index contributed by atoms with van der Waals surface area (Å²) in [5, 5.41) is 7.31. The Balaban J connectivity index is 1.37. The highest BCUT2D eigenvalue weighted by atomic mass is 16.1. The van der Waals surface area contributed by atoms with Gasteiger partial charge in [-0.15, -0.1) is 0 Å². The van der Waals surface area contributed by atoms with Crippen LogP contribution >= 0.6 is 0 Å². The second kappa shape index (κ2) is 6.51. The Bertz CT molecular complexity index is 1230. The molecule has 29 heavy (non-hydrogen) atoms. The lowest BCUT2D eigenvalue weighted by Gasteiger charge is -2.45. The first-order chi connectivity index (χ1) is 14.0. The fourth-order valence-electron chi connectivity index (χ4n) is 4.19. The number of fused-ring (bicyclic) bond motifs is 2. The van der Waals surface area contributed by atoms with Gasteiger partial charge in [0.05, 0.1) is 11.0 Å². The van der Waals surface area contributed by atoms with Crippen LogP contribution in [0.4, 0.5) is 5.95 Å². The van der Waals surface area contributed by atoms with E-state index in [9.17, 15) is 4.79 Å². The van der Waals surface area contributed by atoms with Gasteiger partial charge in [0.1, 0.15) is 5.65 Å². The summed E-state index contributed by atoms with van der Waals surface area (Å²) in [6.45, 7) is 3.61. The zero-order valence-corrected chi connectivity index (χ0v) is 16.2. The maximum atomic E-state index is 11.3. The molecule has 0 bridgehead atoms. The van der Waals surface area contributed by atoms with E-state index in [4.69, 9.17) is 0 Å². The van der Waals surface area contributed by atoms with Crippen molar-refractivity contribution in [2.24, 2.45) is 0 Å². The highest BCUT2D eigenvalue weighted by Crippen LogP contribution is 2.34. The SMILES string of the molecule is CC(=O)NC1(C)CC(Nc2ncc3c(-c4ccc5nccnc5c4)c[nH]c3n2)C1. The molecule has 5 rings (SSSR count). The fourth-order valence-corrected chi connectivity index (χ4v) is 4.19. The van der Waals surface area contributed by atoms with Gasteiger partial charge < -0.3 is 15.6 Å². The van der Waals surface area contributed by atoms with E-state index in [1.54, 1.807) is 19.3 Å². The number of H-pyrrole nitrogens is 1. The molecule has 1 aliphatic rings. The van der Waals surface area contributed by atoms with Crippen LogP contribution in [0.25, 0.3) is 33.2 Å². The van der Waals surface area contributed by atoms with Crippen LogP contribution in [-0.4, -0.2) is 42.4 Å². The Kier molecular flexibility index (Phi) is 3.94. The van der Waals surface area contributed by atoms with Gasteiger partial charge >= 0.3 is 0 Å². The number of carbonyl (C=O) groups excluding carboxylic acids is 1. The number of rotatable bonds is 4. The number of aromatic amines is 1. The molecule has 0 aliphatic heterocycles. The molecule has 0 unspecified atom stereocenters. The van der Waals surface area contributed by atoms with Crippen molar-refractivity contribution in [1.29, 1.82) is 0 Å². The molecule has 0 radical (unpaired) electrons. The first-order valence-corrected chi connectivity index (χ1v) is 9.60. The summed E-state index contributed by atoms with van der Waals surface area (Å²) in [6.07, 6.45) is 8.86. The van der Waals surface area contributed by atoms with Crippen molar-refractivity contribution >= 4 is 33.9 Å². The summed E-state index contributed by atoms with van der Waals surface area (Å²) in [5.41, 5.74) is 4.42. The molecule has 8 heteroatoms. The first kappa shape index (κ1) is 17.5. The largest absolute Gasteiger partial charge is 0.351 e. The van der Waals surface area contributed by atoms with Gasteiger partial charge in [-0.05, 0) is 37.5 Å². The molecule has 3 N–H and O–H groups in total. The maximum absolute atomic E-state index is 11.3. The Morgan fingerprint density at radius 1 is 1.17 bits per heavy atom. The Morgan fingerprint density at radius 2 is 1.97 bits per heavy atom. The van der Waals surface area contributed by atoms with Gasteiger partial charge in [-0.2, -0.15) is 4.98 Å². The minimum Gasteiger partial charge on any atom is -0.351 e. The van der Waals surface area contributed by atoms with E-state index in [-0.39, 0.29) is 17.5 Å². The molecular formula is C21H21N7O. The van der Waals surface area contributed by atoms with Crippen molar-refractivity contribution in [2.45, 2.75) is 38.3 Å². The summed E-state index contributed by atoms with van der Waals surface area (Å²) in [4.78, 5) is 32.4. The molecule has 1 amide bonds. The van der Waals surface area contributed by atoms with Crippen molar-refractivity contribution in [3.05, 3.63) is 43.0 Å². The second-order valence-electron chi connectivity index (χ2n) is 7.91. The third-order valence-corrected chi connectivity index (χ3v) is 5.42. The van der Waals surface area contributed by atoms with Crippen LogP contribution in [0.3, 0.4) is 0 Å². The molecule has 8 nitrogen and oxygen atoms in total. The standard InChI is InChI=1S/C21H21N7O/c1-12(29)28-21(2)8-14(9-21)26-20-25-11-16-15(10-24-19(16)27-20)13-3-4-17-18(7-13)23-6-5-22-17/h3-7,10-11,14H,8-9H2,1-2H3,(H,28,29)(H2,24,25,26,27). The van der Waals surface area contributed by atoms with Crippen molar-refractivity contribution < 1.29 is 4.79 Å². The molecule has 4 aromatic rings. The van der Waals surface area contributed by atoms with E-state index >= 15 is 0 Å². The van der Waals surface area contributed by atoms with Gasteiger partial charge in [0, 0.05) is 54.2 Å². The van der Waals surface area contributed by atoms with E-state index in [1.165, 1.54) is 0 Å². The quantitative estimate of drug-likeness (QED) is 0.497. The van der Waals surface area contributed by atoms with E-state index in [1.807, 2.05) is 30.6 Å². The van der Waals surface area contributed by atoms with Gasteiger partial charge in [-0.3, -0.25) is 14.8 Å². The third kappa shape index (κ3) is 3.26. The first-order valence-electron chi connectivity index (χ1n) is 9.60. The number of hydrogen-bond acceptors (Lipinski definition) is 6. The molecule has 1 aliphatic carbocycles. The second-order valence-corrected chi connectivity index (χ2v) is 7.91. The highest BCUT2D eigenvalue weighted by Gasteiger charge is 2.41. The van der Waals surface area contributed by atoms with Gasteiger partial charge in [0.25, 0.3) is 0 Å². The van der Waals surface area contributed by atoms with E-state index in [0.717, 1.165) is 46.0 Å². The number of nitrogens with one attached hydrogen (secondary N) is 3. The normalized spacial score (nSPS) is 21.1. The average Bonchev–Trinajstić information content (AvgIpc) is 3.09.